The van der Waals surface area contributed by atoms with Gasteiger partial charge in [0.2, 0.25) is 0 Å². The first-order valence-corrected chi connectivity index (χ1v) is 10.4. The molecule has 0 spiro atoms. The predicted molar refractivity (Wildman–Crippen MR) is 116 cm³/mol. The number of hydrogen-bond donors (Lipinski definition) is 0. The Morgan fingerprint density at radius 2 is 1.81 bits per heavy atom. The number of aromatic nitrogens is 2. The standard InChI is InChI=1S/C25H24FN3O2/c1-16-13-23(28-17(2)27-16)25(31)29-12-6-9-20(15-29)24(30)19-10-11-21(22(26)14-19)18-7-4-3-5-8-18/h3-5,7-8,10-11,13-14,20H,6,9,12,15H2,1-2H3/t20-/m0/s1. The third kappa shape index (κ3) is 4.53. The van der Waals surface area contributed by atoms with Crippen molar-refractivity contribution in [3.8, 4) is 11.1 Å². The molecule has 1 atom stereocenters. The molecule has 1 aliphatic heterocycles. The third-order valence-electron chi connectivity index (χ3n) is 5.60. The van der Waals surface area contributed by atoms with E-state index < -0.39 is 5.82 Å². The number of rotatable bonds is 4. The van der Waals surface area contributed by atoms with Gasteiger partial charge in [0, 0.05) is 35.8 Å². The van der Waals surface area contributed by atoms with Gasteiger partial charge in [0.15, 0.2) is 5.78 Å². The van der Waals surface area contributed by atoms with E-state index >= 15 is 0 Å². The SMILES string of the molecule is Cc1cc(C(=O)N2CCC[C@H](C(=O)c3ccc(-c4ccccc4)c(F)c3)C2)nc(C)n1. The summed E-state index contributed by atoms with van der Waals surface area (Å²) in [6.45, 7) is 4.45. The lowest BCUT2D eigenvalue weighted by atomic mass is 9.89. The predicted octanol–water partition coefficient (Wildman–Crippen LogP) is 4.63. The number of ketones is 1. The molecule has 1 aliphatic rings. The molecule has 1 amide bonds. The average Bonchev–Trinajstić information content (AvgIpc) is 2.78. The summed E-state index contributed by atoms with van der Waals surface area (Å²) in [4.78, 5) is 36.1. The van der Waals surface area contributed by atoms with Gasteiger partial charge in [-0.3, -0.25) is 9.59 Å². The van der Waals surface area contributed by atoms with E-state index in [4.69, 9.17) is 0 Å². The summed E-state index contributed by atoms with van der Waals surface area (Å²) in [6.07, 6.45) is 1.39. The molecule has 1 aromatic heterocycles. The molecule has 5 nitrogen and oxygen atoms in total. The minimum atomic E-state index is -0.423. The zero-order valence-electron chi connectivity index (χ0n) is 17.6. The monoisotopic (exact) mass is 417 g/mol. The summed E-state index contributed by atoms with van der Waals surface area (Å²) in [5.41, 5.74) is 2.65. The molecule has 1 fully saturated rings. The smallest absolute Gasteiger partial charge is 0.272 e. The summed E-state index contributed by atoms with van der Waals surface area (Å²) in [5.74, 6) is -0.568. The molecule has 6 heteroatoms. The van der Waals surface area contributed by atoms with Crippen molar-refractivity contribution in [3.05, 3.63) is 83.2 Å². The fourth-order valence-corrected chi connectivity index (χ4v) is 4.12. The Morgan fingerprint density at radius 1 is 1.03 bits per heavy atom. The molecule has 0 radical (unpaired) electrons. The van der Waals surface area contributed by atoms with E-state index in [-0.39, 0.29) is 17.6 Å². The Labute approximate surface area is 181 Å². The minimum absolute atomic E-state index is 0.133. The van der Waals surface area contributed by atoms with Crippen LogP contribution < -0.4 is 0 Å². The number of Topliss-reactive ketones (excluding diaryl/α,β-unsaturated/α-hetero) is 1. The first-order chi connectivity index (χ1) is 14.9. The van der Waals surface area contributed by atoms with Crippen molar-refractivity contribution < 1.29 is 14.0 Å². The zero-order valence-corrected chi connectivity index (χ0v) is 17.6. The molecule has 2 aromatic carbocycles. The number of halogens is 1. The highest BCUT2D eigenvalue weighted by Gasteiger charge is 2.30. The lowest BCUT2D eigenvalue weighted by Gasteiger charge is -2.32. The van der Waals surface area contributed by atoms with Gasteiger partial charge in [-0.1, -0.05) is 42.5 Å². The molecular formula is C25H24FN3O2. The molecule has 1 saturated heterocycles. The summed E-state index contributed by atoms with van der Waals surface area (Å²) in [6, 6.07) is 15.5. The normalized spacial score (nSPS) is 16.2. The summed E-state index contributed by atoms with van der Waals surface area (Å²) < 4.78 is 14.7. The molecule has 0 aliphatic carbocycles. The number of hydrogen-bond acceptors (Lipinski definition) is 4. The molecule has 0 N–H and O–H groups in total. The molecule has 31 heavy (non-hydrogen) atoms. The van der Waals surface area contributed by atoms with Crippen LogP contribution in [0.1, 0.15) is 45.2 Å². The van der Waals surface area contributed by atoms with Crippen molar-refractivity contribution in [3.63, 3.8) is 0 Å². The number of aryl methyl sites for hydroxylation is 2. The van der Waals surface area contributed by atoms with Crippen molar-refractivity contribution in [2.45, 2.75) is 26.7 Å². The highest BCUT2D eigenvalue weighted by Crippen LogP contribution is 2.27. The summed E-state index contributed by atoms with van der Waals surface area (Å²) >= 11 is 0. The molecule has 0 saturated carbocycles. The van der Waals surface area contributed by atoms with Gasteiger partial charge in [-0.15, -0.1) is 0 Å². The van der Waals surface area contributed by atoms with Gasteiger partial charge >= 0.3 is 0 Å². The van der Waals surface area contributed by atoms with Crippen LogP contribution in [-0.4, -0.2) is 39.6 Å². The van der Waals surface area contributed by atoms with Crippen molar-refractivity contribution in [2.75, 3.05) is 13.1 Å². The van der Waals surface area contributed by atoms with E-state index in [1.54, 1.807) is 30.0 Å². The number of carbonyl (C=O) groups excluding carboxylic acids is 2. The van der Waals surface area contributed by atoms with E-state index in [1.807, 2.05) is 37.3 Å². The Morgan fingerprint density at radius 3 is 2.52 bits per heavy atom. The molecular weight excluding hydrogens is 393 g/mol. The quantitative estimate of drug-likeness (QED) is 0.581. The van der Waals surface area contributed by atoms with E-state index in [0.717, 1.165) is 17.7 Å². The van der Waals surface area contributed by atoms with E-state index in [2.05, 4.69) is 9.97 Å². The van der Waals surface area contributed by atoms with E-state index in [9.17, 15) is 14.0 Å². The van der Waals surface area contributed by atoms with Gasteiger partial charge < -0.3 is 4.90 Å². The van der Waals surface area contributed by atoms with Crippen LogP contribution in [0, 0.1) is 25.6 Å². The lowest BCUT2D eigenvalue weighted by molar-refractivity contribution is 0.0631. The van der Waals surface area contributed by atoms with Crippen LogP contribution in [0.15, 0.2) is 54.6 Å². The Hall–Kier alpha value is -3.41. The highest BCUT2D eigenvalue weighted by atomic mass is 19.1. The number of benzene rings is 2. The Bertz CT molecular complexity index is 1110. The Kier molecular flexibility index (Phi) is 5.89. The van der Waals surface area contributed by atoms with Crippen LogP contribution in [0.4, 0.5) is 4.39 Å². The second-order valence-electron chi connectivity index (χ2n) is 7.96. The van der Waals surface area contributed by atoms with Gasteiger partial charge in [-0.05, 0) is 44.4 Å². The first-order valence-electron chi connectivity index (χ1n) is 10.4. The maximum absolute atomic E-state index is 14.7. The zero-order chi connectivity index (χ0) is 22.0. The molecule has 3 aromatic rings. The lowest BCUT2D eigenvalue weighted by Crippen LogP contribution is -2.42. The Balaban J connectivity index is 1.51. The number of amides is 1. The maximum atomic E-state index is 14.7. The number of carbonyl (C=O) groups is 2. The molecule has 0 bridgehead atoms. The number of nitrogens with zero attached hydrogens (tertiary/aromatic N) is 3. The number of likely N-dealkylation sites (tertiary alicyclic amines) is 1. The van der Waals surface area contributed by atoms with Crippen LogP contribution in [0.25, 0.3) is 11.1 Å². The first kappa shape index (κ1) is 20.8. The molecule has 2 heterocycles. The average molecular weight is 417 g/mol. The fourth-order valence-electron chi connectivity index (χ4n) is 4.12. The van der Waals surface area contributed by atoms with Gasteiger partial charge in [0.05, 0.1) is 0 Å². The summed E-state index contributed by atoms with van der Waals surface area (Å²) in [5, 5.41) is 0. The summed E-state index contributed by atoms with van der Waals surface area (Å²) in [7, 11) is 0. The molecule has 0 unspecified atom stereocenters. The van der Waals surface area contributed by atoms with Crippen molar-refractivity contribution in [2.24, 2.45) is 5.92 Å². The van der Waals surface area contributed by atoms with Crippen LogP contribution in [-0.2, 0) is 0 Å². The highest BCUT2D eigenvalue weighted by molar-refractivity contribution is 5.99. The number of piperidine rings is 1. The fraction of sp³-hybridized carbons (Fsp3) is 0.280. The third-order valence-corrected chi connectivity index (χ3v) is 5.60. The topological polar surface area (TPSA) is 63.2 Å². The van der Waals surface area contributed by atoms with Crippen LogP contribution in [0.2, 0.25) is 0 Å². The van der Waals surface area contributed by atoms with Gasteiger partial charge in [0.25, 0.3) is 5.91 Å². The second kappa shape index (κ2) is 8.76. The second-order valence-corrected chi connectivity index (χ2v) is 7.96. The van der Waals surface area contributed by atoms with Gasteiger partial charge in [0.1, 0.15) is 17.3 Å². The molecule has 4 rings (SSSR count). The van der Waals surface area contributed by atoms with Crippen LogP contribution in [0.3, 0.4) is 0 Å². The van der Waals surface area contributed by atoms with Gasteiger partial charge in [-0.25, -0.2) is 14.4 Å². The molecule has 158 valence electrons. The largest absolute Gasteiger partial charge is 0.337 e. The maximum Gasteiger partial charge on any atom is 0.272 e. The van der Waals surface area contributed by atoms with Gasteiger partial charge in [-0.2, -0.15) is 0 Å². The van der Waals surface area contributed by atoms with E-state index in [1.165, 1.54) is 6.07 Å². The van der Waals surface area contributed by atoms with Crippen molar-refractivity contribution >= 4 is 11.7 Å². The van der Waals surface area contributed by atoms with Crippen LogP contribution >= 0.6 is 0 Å². The van der Waals surface area contributed by atoms with Crippen LogP contribution in [0.5, 0.6) is 0 Å². The van der Waals surface area contributed by atoms with Crippen molar-refractivity contribution in [1.29, 1.82) is 0 Å². The van der Waals surface area contributed by atoms with Crippen molar-refractivity contribution in [1.82, 2.24) is 14.9 Å². The minimum Gasteiger partial charge on any atom is -0.337 e. The van der Waals surface area contributed by atoms with E-state index in [0.29, 0.717) is 42.2 Å².